The summed E-state index contributed by atoms with van der Waals surface area (Å²) in [5, 5.41) is 5.74. The van der Waals surface area contributed by atoms with E-state index in [1.807, 2.05) is 27.7 Å². The summed E-state index contributed by atoms with van der Waals surface area (Å²) in [6.45, 7) is 8.05. The average Bonchev–Trinajstić information content (AvgIpc) is 2.73. The molecule has 7 nitrogen and oxygen atoms in total. The number of para-hydroxylation sites is 1. The van der Waals surface area contributed by atoms with E-state index in [-0.39, 0.29) is 23.3 Å². The maximum Gasteiger partial charge on any atom is 0.253 e. The molecule has 0 saturated carbocycles. The molecular formula is C24H31N3O4S. The number of aryl methyl sites for hydroxylation is 1. The number of hydrogen-bond donors (Lipinski definition) is 2. The van der Waals surface area contributed by atoms with Crippen molar-refractivity contribution in [3.8, 4) is 0 Å². The predicted molar refractivity (Wildman–Crippen MR) is 125 cm³/mol. The Labute approximate surface area is 190 Å². The summed E-state index contributed by atoms with van der Waals surface area (Å²) in [6, 6.07) is 13.5. The zero-order chi connectivity index (χ0) is 23.5. The number of nitrogens with zero attached hydrogens (tertiary/aromatic N) is 1. The van der Waals surface area contributed by atoms with E-state index in [0.29, 0.717) is 30.6 Å². The van der Waals surface area contributed by atoms with Crippen LogP contribution in [0, 0.1) is 12.8 Å². The molecule has 3 rings (SSSR count). The van der Waals surface area contributed by atoms with Gasteiger partial charge in [0.2, 0.25) is 15.9 Å². The number of piperidine rings is 1. The molecule has 2 aromatic carbocycles. The van der Waals surface area contributed by atoms with Crippen molar-refractivity contribution in [3.63, 3.8) is 0 Å². The van der Waals surface area contributed by atoms with Crippen LogP contribution in [-0.2, 0) is 14.8 Å². The lowest BCUT2D eigenvalue weighted by Gasteiger charge is -2.31. The highest BCUT2D eigenvalue weighted by molar-refractivity contribution is 7.89. The highest BCUT2D eigenvalue weighted by Crippen LogP contribution is 2.26. The molecule has 1 aliphatic rings. The molecule has 0 aliphatic carbocycles. The van der Waals surface area contributed by atoms with Crippen molar-refractivity contribution < 1.29 is 18.0 Å². The number of sulfonamides is 1. The fraction of sp³-hybridized carbons (Fsp3) is 0.417. The summed E-state index contributed by atoms with van der Waals surface area (Å²) in [5.41, 5.74) is 1.35. The van der Waals surface area contributed by atoms with Crippen LogP contribution in [0.4, 0.5) is 5.69 Å². The Balaban J connectivity index is 1.74. The molecule has 0 spiro atoms. The number of anilines is 1. The number of hydrogen-bond acceptors (Lipinski definition) is 4. The summed E-state index contributed by atoms with van der Waals surface area (Å²) in [5.74, 6) is -1.06. The molecule has 1 heterocycles. The molecule has 172 valence electrons. The first-order chi connectivity index (χ1) is 15.0. The molecule has 0 unspecified atom stereocenters. The van der Waals surface area contributed by atoms with Gasteiger partial charge in [0.1, 0.15) is 0 Å². The second-order valence-electron chi connectivity index (χ2n) is 9.25. The lowest BCUT2D eigenvalue weighted by molar-refractivity contribution is -0.120. The van der Waals surface area contributed by atoms with E-state index in [9.17, 15) is 18.0 Å². The van der Waals surface area contributed by atoms with Gasteiger partial charge in [0.25, 0.3) is 5.91 Å². The molecule has 2 N–H and O–H groups in total. The topological polar surface area (TPSA) is 95.6 Å². The Kier molecular flexibility index (Phi) is 7.05. The SMILES string of the molecule is Cc1ccc(S(=O)(=O)N2CCC[C@H](C(=O)Nc3ccccc3C(=O)NC(C)(C)C)C2)cc1. The highest BCUT2D eigenvalue weighted by atomic mass is 32.2. The van der Waals surface area contributed by atoms with Crippen molar-refractivity contribution >= 4 is 27.5 Å². The Bertz CT molecular complexity index is 1090. The smallest absolute Gasteiger partial charge is 0.253 e. The fourth-order valence-corrected chi connectivity index (χ4v) is 5.19. The van der Waals surface area contributed by atoms with Gasteiger partial charge in [-0.1, -0.05) is 29.8 Å². The first-order valence-corrected chi connectivity index (χ1v) is 12.2. The van der Waals surface area contributed by atoms with E-state index < -0.39 is 21.5 Å². The molecule has 2 aromatic rings. The van der Waals surface area contributed by atoms with Crippen LogP contribution in [0.1, 0.15) is 49.5 Å². The summed E-state index contributed by atoms with van der Waals surface area (Å²) >= 11 is 0. The number of rotatable bonds is 5. The lowest BCUT2D eigenvalue weighted by Crippen LogP contribution is -2.44. The molecule has 1 saturated heterocycles. The normalized spacial score (nSPS) is 17.6. The number of amides is 2. The van der Waals surface area contributed by atoms with Gasteiger partial charge in [-0.3, -0.25) is 9.59 Å². The number of carbonyl (C=O) groups excluding carboxylic acids is 2. The Morgan fingerprint density at radius 2 is 1.69 bits per heavy atom. The van der Waals surface area contributed by atoms with E-state index >= 15 is 0 Å². The highest BCUT2D eigenvalue weighted by Gasteiger charge is 2.33. The summed E-state index contributed by atoms with van der Waals surface area (Å²) < 4.78 is 27.5. The Hall–Kier alpha value is -2.71. The summed E-state index contributed by atoms with van der Waals surface area (Å²) in [7, 11) is -3.67. The van der Waals surface area contributed by atoms with Crippen LogP contribution in [0.5, 0.6) is 0 Å². The maximum absolute atomic E-state index is 13.0. The first kappa shape index (κ1) is 23.9. The quantitative estimate of drug-likeness (QED) is 0.718. The minimum Gasteiger partial charge on any atom is -0.347 e. The minimum atomic E-state index is -3.67. The maximum atomic E-state index is 13.0. The van der Waals surface area contributed by atoms with E-state index in [4.69, 9.17) is 0 Å². The van der Waals surface area contributed by atoms with Crippen LogP contribution < -0.4 is 10.6 Å². The zero-order valence-corrected chi connectivity index (χ0v) is 19.8. The lowest BCUT2D eigenvalue weighted by atomic mass is 9.98. The van der Waals surface area contributed by atoms with E-state index in [2.05, 4.69) is 10.6 Å². The minimum absolute atomic E-state index is 0.110. The van der Waals surface area contributed by atoms with Crippen molar-refractivity contribution in [2.45, 2.75) is 51.0 Å². The van der Waals surface area contributed by atoms with Crippen molar-refractivity contribution in [1.82, 2.24) is 9.62 Å². The van der Waals surface area contributed by atoms with Crippen molar-refractivity contribution in [2.75, 3.05) is 18.4 Å². The fourth-order valence-electron chi connectivity index (χ4n) is 3.67. The van der Waals surface area contributed by atoms with E-state index in [1.165, 1.54) is 4.31 Å². The second kappa shape index (κ2) is 9.42. The Morgan fingerprint density at radius 3 is 2.34 bits per heavy atom. The largest absolute Gasteiger partial charge is 0.347 e. The van der Waals surface area contributed by atoms with Gasteiger partial charge < -0.3 is 10.6 Å². The van der Waals surface area contributed by atoms with Gasteiger partial charge in [0, 0.05) is 18.6 Å². The third-order valence-corrected chi connectivity index (χ3v) is 7.21. The van der Waals surface area contributed by atoms with Crippen LogP contribution in [0.3, 0.4) is 0 Å². The molecular weight excluding hydrogens is 426 g/mol. The van der Waals surface area contributed by atoms with Gasteiger partial charge in [0.05, 0.1) is 22.1 Å². The molecule has 0 bridgehead atoms. The van der Waals surface area contributed by atoms with Crippen LogP contribution in [0.25, 0.3) is 0 Å². The molecule has 1 atom stereocenters. The van der Waals surface area contributed by atoms with Crippen LogP contribution in [-0.4, -0.2) is 43.2 Å². The second-order valence-corrected chi connectivity index (χ2v) is 11.2. The van der Waals surface area contributed by atoms with Gasteiger partial charge in [-0.25, -0.2) is 8.42 Å². The zero-order valence-electron chi connectivity index (χ0n) is 19.0. The van der Waals surface area contributed by atoms with Crippen molar-refractivity contribution in [2.24, 2.45) is 5.92 Å². The average molecular weight is 458 g/mol. The van der Waals surface area contributed by atoms with Gasteiger partial charge in [-0.05, 0) is 64.8 Å². The summed E-state index contributed by atoms with van der Waals surface area (Å²) in [4.78, 5) is 25.9. The van der Waals surface area contributed by atoms with E-state index in [1.54, 1.807) is 48.5 Å². The summed E-state index contributed by atoms with van der Waals surface area (Å²) in [6.07, 6.45) is 1.18. The van der Waals surface area contributed by atoms with Crippen LogP contribution >= 0.6 is 0 Å². The molecule has 2 amide bonds. The monoisotopic (exact) mass is 457 g/mol. The van der Waals surface area contributed by atoms with Crippen molar-refractivity contribution in [3.05, 3.63) is 59.7 Å². The number of benzene rings is 2. The van der Waals surface area contributed by atoms with Gasteiger partial charge in [-0.2, -0.15) is 4.31 Å². The molecule has 8 heteroatoms. The Morgan fingerprint density at radius 1 is 1.03 bits per heavy atom. The van der Waals surface area contributed by atoms with Gasteiger partial charge in [-0.15, -0.1) is 0 Å². The molecule has 0 aromatic heterocycles. The number of nitrogens with one attached hydrogen (secondary N) is 2. The first-order valence-electron chi connectivity index (χ1n) is 10.8. The van der Waals surface area contributed by atoms with Crippen LogP contribution in [0.2, 0.25) is 0 Å². The predicted octanol–water partition coefficient (Wildman–Crippen LogP) is 3.56. The standard InChI is InChI=1S/C24H31N3O4S/c1-17-11-13-19(14-12-17)32(30,31)27-15-7-8-18(16-27)22(28)25-21-10-6-5-9-20(21)23(29)26-24(2,3)4/h5-6,9-14,18H,7-8,15-16H2,1-4H3,(H,25,28)(H,26,29)/t18-/m0/s1. The van der Waals surface area contributed by atoms with Gasteiger partial charge in [0.15, 0.2) is 0 Å². The van der Waals surface area contributed by atoms with Crippen LogP contribution in [0.15, 0.2) is 53.4 Å². The third-order valence-electron chi connectivity index (χ3n) is 5.33. The van der Waals surface area contributed by atoms with Crippen molar-refractivity contribution in [1.29, 1.82) is 0 Å². The third kappa shape index (κ3) is 5.75. The van der Waals surface area contributed by atoms with Gasteiger partial charge >= 0.3 is 0 Å². The molecule has 32 heavy (non-hydrogen) atoms. The molecule has 0 radical (unpaired) electrons. The molecule has 1 aliphatic heterocycles. The molecule has 1 fully saturated rings. The van der Waals surface area contributed by atoms with E-state index in [0.717, 1.165) is 5.56 Å². The number of carbonyl (C=O) groups is 2.